The Labute approximate surface area is 167 Å². The van der Waals surface area contributed by atoms with Gasteiger partial charge in [0.05, 0.1) is 6.04 Å². The first-order chi connectivity index (χ1) is 13.4. The second-order valence-corrected chi connectivity index (χ2v) is 7.32. The Morgan fingerprint density at radius 1 is 1.00 bits per heavy atom. The van der Waals surface area contributed by atoms with Crippen LogP contribution in [-0.4, -0.2) is 46.2 Å². The molecule has 0 saturated heterocycles. The van der Waals surface area contributed by atoms with Gasteiger partial charge in [-0.05, 0) is 54.1 Å². The van der Waals surface area contributed by atoms with Crippen LogP contribution in [0, 0.1) is 0 Å². The van der Waals surface area contributed by atoms with E-state index in [2.05, 4.69) is 10.6 Å². The Kier molecular flexibility index (Phi) is 8.16. The lowest BCUT2D eigenvalue weighted by Crippen LogP contribution is -2.54. The van der Waals surface area contributed by atoms with E-state index in [1.807, 2.05) is 47.2 Å². The molecule has 1 heterocycles. The molecule has 1 aromatic heterocycles. The van der Waals surface area contributed by atoms with Gasteiger partial charge in [0.2, 0.25) is 5.91 Å². The molecule has 2 rings (SSSR count). The van der Waals surface area contributed by atoms with E-state index in [1.165, 1.54) is 18.3 Å². The number of hydrogen-bond acceptors (Lipinski definition) is 5. The first-order valence-electron chi connectivity index (χ1n) is 8.94. The van der Waals surface area contributed by atoms with Gasteiger partial charge in [0.1, 0.15) is 12.1 Å². The lowest BCUT2D eigenvalue weighted by Gasteiger charge is -2.23. The third-order valence-corrected chi connectivity index (χ3v) is 5.06. The number of hydrogen-bond donors (Lipinski definition) is 4. The Morgan fingerprint density at radius 2 is 1.71 bits per heavy atom. The van der Waals surface area contributed by atoms with Gasteiger partial charge in [-0.3, -0.25) is 19.7 Å². The Hall–Kier alpha value is -2.71. The molecule has 0 fully saturated rings. The van der Waals surface area contributed by atoms with Gasteiger partial charge < -0.3 is 15.5 Å². The molecule has 0 bridgehead atoms. The zero-order valence-electron chi connectivity index (χ0n) is 15.5. The third kappa shape index (κ3) is 6.79. The van der Waals surface area contributed by atoms with Crippen LogP contribution in [0.25, 0.3) is 0 Å². The molecule has 8 heteroatoms. The molecule has 150 valence electrons. The molecule has 28 heavy (non-hydrogen) atoms. The quantitative estimate of drug-likeness (QED) is 0.455. The van der Waals surface area contributed by atoms with Crippen molar-refractivity contribution >= 4 is 29.2 Å². The largest absolute Gasteiger partial charge is 0.480 e. The summed E-state index contributed by atoms with van der Waals surface area (Å²) >= 11 is 1.47. The summed E-state index contributed by atoms with van der Waals surface area (Å²) in [5.41, 5.74) is 1.89. The lowest BCUT2D eigenvalue weighted by molar-refractivity contribution is -0.143. The van der Waals surface area contributed by atoms with Crippen molar-refractivity contribution < 1.29 is 24.6 Å². The van der Waals surface area contributed by atoms with Gasteiger partial charge in [-0.25, -0.2) is 0 Å². The highest BCUT2D eigenvalue weighted by molar-refractivity contribution is 7.07. The molecule has 0 unspecified atom stereocenters. The summed E-state index contributed by atoms with van der Waals surface area (Å²) in [5, 5.41) is 27.7. The Morgan fingerprint density at radius 3 is 2.29 bits per heavy atom. The summed E-state index contributed by atoms with van der Waals surface area (Å²) in [5.74, 6) is -2.74. The number of carboxylic acid groups (broad SMARTS) is 2. The zero-order valence-corrected chi connectivity index (χ0v) is 16.3. The van der Waals surface area contributed by atoms with Crippen LogP contribution >= 0.6 is 11.3 Å². The van der Waals surface area contributed by atoms with Crippen LogP contribution in [0.1, 0.15) is 24.5 Å². The molecule has 3 atom stereocenters. The smallest absolute Gasteiger partial charge is 0.325 e. The third-order valence-electron chi connectivity index (χ3n) is 4.33. The number of amides is 1. The topological polar surface area (TPSA) is 116 Å². The number of benzene rings is 1. The SMILES string of the molecule is C[C@H](NC(=O)[C@H](Cc1ccsc1)N[C@@H](CCc1ccccc1)C(=O)O)C(=O)O. The average Bonchev–Trinajstić information content (AvgIpc) is 3.17. The maximum absolute atomic E-state index is 12.6. The predicted molar refractivity (Wildman–Crippen MR) is 106 cm³/mol. The molecule has 2 aromatic rings. The van der Waals surface area contributed by atoms with Gasteiger partial charge in [0.25, 0.3) is 0 Å². The molecule has 1 amide bonds. The van der Waals surface area contributed by atoms with Crippen molar-refractivity contribution in [2.45, 2.75) is 44.3 Å². The number of carbonyl (C=O) groups excluding carboxylic acids is 1. The predicted octanol–water partition coefficient (Wildman–Crippen LogP) is 1.92. The lowest BCUT2D eigenvalue weighted by atomic mass is 10.0. The van der Waals surface area contributed by atoms with Crippen LogP contribution in [0.15, 0.2) is 47.2 Å². The fourth-order valence-corrected chi connectivity index (χ4v) is 3.41. The van der Waals surface area contributed by atoms with Crippen molar-refractivity contribution in [3.05, 3.63) is 58.3 Å². The molecular weight excluding hydrogens is 380 g/mol. The Bertz CT molecular complexity index is 779. The van der Waals surface area contributed by atoms with Crippen molar-refractivity contribution in [1.29, 1.82) is 0 Å². The summed E-state index contributed by atoms with van der Waals surface area (Å²) in [7, 11) is 0. The van der Waals surface area contributed by atoms with E-state index in [0.717, 1.165) is 11.1 Å². The number of rotatable bonds is 11. The molecule has 0 aliphatic rings. The summed E-state index contributed by atoms with van der Waals surface area (Å²) < 4.78 is 0. The second-order valence-electron chi connectivity index (χ2n) is 6.54. The number of nitrogens with one attached hydrogen (secondary N) is 2. The van der Waals surface area contributed by atoms with Crippen molar-refractivity contribution in [3.8, 4) is 0 Å². The molecule has 4 N–H and O–H groups in total. The average molecular weight is 404 g/mol. The highest BCUT2D eigenvalue weighted by Gasteiger charge is 2.28. The van der Waals surface area contributed by atoms with E-state index in [1.54, 1.807) is 0 Å². The maximum atomic E-state index is 12.6. The van der Waals surface area contributed by atoms with Crippen LogP contribution in [0.4, 0.5) is 0 Å². The summed E-state index contributed by atoms with van der Waals surface area (Å²) in [6, 6.07) is 8.51. The number of thiophene rings is 1. The first kappa shape index (κ1) is 21.6. The van der Waals surface area contributed by atoms with Crippen LogP contribution < -0.4 is 10.6 Å². The van der Waals surface area contributed by atoms with Gasteiger partial charge in [-0.2, -0.15) is 11.3 Å². The van der Waals surface area contributed by atoms with Crippen molar-refractivity contribution in [2.24, 2.45) is 0 Å². The van der Waals surface area contributed by atoms with Crippen molar-refractivity contribution in [1.82, 2.24) is 10.6 Å². The van der Waals surface area contributed by atoms with Gasteiger partial charge in [0, 0.05) is 0 Å². The normalized spacial score (nSPS) is 14.0. The molecule has 0 radical (unpaired) electrons. The van der Waals surface area contributed by atoms with Crippen LogP contribution in [-0.2, 0) is 27.2 Å². The summed E-state index contributed by atoms with van der Waals surface area (Å²) in [4.78, 5) is 35.4. The van der Waals surface area contributed by atoms with E-state index in [4.69, 9.17) is 5.11 Å². The number of carbonyl (C=O) groups is 3. The molecule has 0 aliphatic heterocycles. The van der Waals surface area contributed by atoms with Crippen LogP contribution in [0.5, 0.6) is 0 Å². The van der Waals surface area contributed by atoms with Crippen molar-refractivity contribution in [2.75, 3.05) is 0 Å². The minimum absolute atomic E-state index is 0.275. The van der Waals surface area contributed by atoms with E-state index in [-0.39, 0.29) is 6.42 Å². The van der Waals surface area contributed by atoms with E-state index >= 15 is 0 Å². The van der Waals surface area contributed by atoms with Gasteiger partial charge in [-0.1, -0.05) is 30.3 Å². The van der Waals surface area contributed by atoms with Crippen LogP contribution in [0.2, 0.25) is 0 Å². The fourth-order valence-electron chi connectivity index (χ4n) is 2.72. The number of aliphatic carboxylic acids is 2. The molecule has 1 aromatic carbocycles. The highest BCUT2D eigenvalue weighted by Crippen LogP contribution is 2.12. The Balaban J connectivity index is 2.09. The second kappa shape index (κ2) is 10.6. The maximum Gasteiger partial charge on any atom is 0.325 e. The van der Waals surface area contributed by atoms with E-state index in [9.17, 15) is 19.5 Å². The van der Waals surface area contributed by atoms with Crippen molar-refractivity contribution in [3.63, 3.8) is 0 Å². The highest BCUT2D eigenvalue weighted by atomic mass is 32.1. The van der Waals surface area contributed by atoms with Crippen LogP contribution in [0.3, 0.4) is 0 Å². The minimum atomic E-state index is -1.15. The monoisotopic (exact) mass is 404 g/mol. The minimum Gasteiger partial charge on any atom is -0.480 e. The van der Waals surface area contributed by atoms with Gasteiger partial charge >= 0.3 is 11.9 Å². The van der Waals surface area contributed by atoms with Gasteiger partial charge in [-0.15, -0.1) is 0 Å². The first-order valence-corrected chi connectivity index (χ1v) is 9.88. The molecule has 7 nitrogen and oxygen atoms in total. The van der Waals surface area contributed by atoms with Gasteiger partial charge in [0.15, 0.2) is 0 Å². The number of carboxylic acids is 2. The number of aryl methyl sites for hydroxylation is 1. The zero-order chi connectivity index (χ0) is 20.5. The van der Waals surface area contributed by atoms with E-state index in [0.29, 0.717) is 12.8 Å². The molecule has 0 aliphatic carbocycles. The summed E-state index contributed by atoms with van der Waals surface area (Å²) in [6.07, 6.45) is 1.13. The molecule has 0 saturated carbocycles. The molecular formula is C20H24N2O5S. The molecule has 0 spiro atoms. The van der Waals surface area contributed by atoms with E-state index < -0.39 is 36.0 Å². The summed E-state index contributed by atoms with van der Waals surface area (Å²) in [6.45, 7) is 1.37. The standard InChI is InChI=1S/C20H24N2O5S/c1-13(19(24)25)21-18(23)17(11-15-9-10-28-12-15)22-16(20(26)27)8-7-14-5-3-2-4-6-14/h2-6,9-10,12-13,16-17,22H,7-8,11H2,1H3,(H,21,23)(H,24,25)(H,26,27)/t13-,16-,17-/m0/s1. The fraction of sp³-hybridized carbons (Fsp3) is 0.350.